The fraction of sp³-hybridized carbons (Fsp3) is 0.750. The number of nitrogens with one attached hydrogen (secondary N) is 1. The van der Waals surface area contributed by atoms with Gasteiger partial charge in [-0.3, -0.25) is 14.4 Å². The van der Waals surface area contributed by atoms with Gasteiger partial charge < -0.3 is 25.0 Å². The van der Waals surface area contributed by atoms with E-state index in [1.54, 1.807) is 9.80 Å². The molecule has 3 amide bonds. The highest BCUT2D eigenvalue weighted by molar-refractivity contribution is 5.82. The number of nitrogens with zero attached hydrogens (tertiary/aromatic N) is 2. The lowest BCUT2D eigenvalue weighted by Gasteiger charge is -2.34. The topological polar surface area (TPSA) is 116 Å². The molecule has 184 valence electrons. The van der Waals surface area contributed by atoms with Gasteiger partial charge in [-0.1, -0.05) is 5.92 Å². The molecule has 0 aliphatic carbocycles. The minimum Gasteiger partial charge on any atom is -0.480 e. The van der Waals surface area contributed by atoms with E-state index >= 15 is 0 Å². The van der Waals surface area contributed by atoms with Crippen molar-refractivity contribution in [2.45, 2.75) is 64.9 Å². The summed E-state index contributed by atoms with van der Waals surface area (Å²) < 4.78 is 5.42. The summed E-state index contributed by atoms with van der Waals surface area (Å²) in [7, 11) is 0. The molecule has 0 bridgehead atoms. The first-order valence-corrected chi connectivity index (χ1v) is 11.7. The number of amides is 3. The summed E-state index contributed by atoms with van der Waals surface area (Å²) in [6.07, 6.45) is 9.16. The van der Waals surface area contributed by atoms with Crippen molar-refractivity contribution in [2.24, 2.45) is 17.8 Å². The maximum Gasteiger partial charge on any atom is 0.410 e. The van der Waals surface area contributed by atoms with Gasteiger partial charge in [-0.05, 0) is 58.8 Å². The van der Waals surface area contributed by atoms with Gasteiger partial charge in [0.15, 0.2) is 0 Å². The molecule has 9 heteroatoms. The summed E-state index contributed by atoms with van der Waals surface area (Å²) in [5, 5.41) is 11.6. The second kappa shape index (κ2) is 11.9. The van der Waals surface area contributed by atoms with Crippen molar-refractivity contribution in [1.82, 2.24) is 15.1 Å². The van der Waals surface area contributed by atoms with Crippen molar-refractivity contribution in [3.8, 4) is 12.3 Å². The molecule has 2 fully saturated rings. The van der Waals surface area contributed by atoms with Crippen LogP contribution in [0.25, 0.3) is 0 Å². The molecule has 2 heterocycles. The molecule has 2 aliphatic heterocycles. The van der Waals surface area contributed by atoms with Crippen LogP contribution in [0.4, 0.5) is 4.79 Å². The third-order valence-corrected chi connectivity index (χ3v) is 6.16. The van der Waals surface area contributed by atoms with E-state index in [4.69, 9.17) is 16.3 Å². The second-order valence-corrected chi connectivity index (χ2v) is 9.93. The number of carboxylic acid groups (broad SMARTS) is 1. The highest BCUT2D eigenvalue weighted by Gasteiger charge is 2.30. The predicted molar refractivity (Wildman–Crippen MR) is 122 cm³/mol. The zero-order valence-corrected chi connectivity index (χ0v) is 20.0. The quantitative estimate of drug-likeness (QED) is 0.559. The van der Waals surface area contributed by atoms with E-state index in [1.807, 2.05) is 20.8 Å². The van der Waals surface area contributed by atoms with E-state index < -0.39 is 17.5 Å². The van der Waals surface area contributed by atoms with Gasteiger partial charge >= 0.3 is 12.1 Å². The van der Waals surface area contributed by atoms with Crippen LogP contribution in [0, 0.1) is 30.1 Å². The monoisotopic (exact) mass is 463 g/mol. The summed E-state index contributed by atoms with van der Waals surface area (Å²) in [6.45, 7) is 7.67. The van der Waals surface area contributed by atoms with Gasteiger partial charge in [0.2, 0.25) is 11.8 Å². The number of rotatable bonds is 7. The number of hydrogen-bond donors (Lipinski definition) is 2. The Morgan fingerprint density at radius 1 is 1.12 bits per heavy atom. The Labute approximate surface area is 196 Å². The molecular formula is C24H37N3O6. The van der Waals surface area contributed by atoms with Crippen molar-refractivity contribution in [3.05, 3.63) is 0 Å². The van der Waals surface area contributed by atoms with Crippen molar-refractivity contribution in [3.63, 3.8) is 0 Å². The number of aliphatic carboxylic acids is 1. The molecule has 0 aromatic carbocycles. The molecule has 33 heavy (non-hydrogen) atoms. The van der Waals surface area contributed by atoms with Gasteiger partial charge in [-0.25, -0.2) is 4.79 Å². The van der Waals surface area contributed by atoms with E-state index in [0.717, 1.165) is 25.7 Å². The van der Waals surface area contributed by atoms with Gasteiger partial charge in [-0.15, -0.1) is 6.42 Å². The fourth-order valence-electron chi connectivity index (χ4n) is 4.20. The maximum absolute atomic E-state index is 12.7. The Morgan fingerprint density at radius 3 is 2.36 bits per heavy atom. The van der Waals surface area contributed by atoms with E-state index in [2.05, 4.69) is 11.2 Å². The number of carbonyl (C=O) groups is 4. The molecule has 2 rings (SSSR count). The van der Waals surface area contributed by atoms with Crippen molar-refractivity contribution >= 4 is 23.9 Å². The number of hydrogen-bond acceptors (Lipinski definition) is 5. The van der Waals surface area contributed by atoms with Crippen molar-refractivity contribution in [2.75, 3.05) is 32.7 Å². The summed E-state index contributed by atoms with van der Waals surface area (Å²) in [6, 6.07) is 0. The molecule has 0 aromatic rings. The molecule has 0 aromatic heterocycles. The van der Waals surface area contributed by atoms with E-state index in [-0.39, 0.29) is 30.4 Å². The first kappa shape index (κ1) is 26.5. The van der Waals surface area contributed by atoms with E-state index in [9.17, 15) is 19.2 Å². The second-order valence-electron chi connectivity index (χ2n) is 9.93. The number of terminal acetylenes is 1. The van der Waals surface area contributed by atoms with Gasteiger partial charge in [0.1, 0.15) is 11.5 Å². The van der Waals surface area contributed by atoms with E-state index in [1.165, 1.54) is 0 Å². The number of carbonyl (C=O) groups excluding carboxylic acids is 3. The molecular weight excluding hydrogens is 426 g/mol. The van der Waals surface area contributed by atoms with Crippen molar-refractivity contribution in [1.29, 1.82) is 0 Å². The minimum atomic E-state index is -1.14. The average molecular weight is 464 g/mol. The van der Waals surface area contributed by atoms with E-state index in [0.29, 0.717) is 44.9 Å². The van der Waals surface area contributed by atoms with Gasteiger partial charge in [0.25, 0.3) is 0 Å². The number of piperidine rings is 2. The maximum atomic E-state index is 12.7. The van der Waals surface area contributed by atoms with Gasteiger partial charge in [0.05, 0.1) is 5.92 Å². The van der Waals surface area contributed by atoms with Crippen molar-refractivity contribution < 1.29 is 29.0 Å². The standard InChI is InChI=1S/C24H37N3O6/c1-5-18(22(30)31)15-25-21(29)19-7-6-12-27(16-19)20(28)9-8-17-10-13-26(14-11-17)23(32)33-24(2,3)4/h1,17-19H,6-16H2,2-4H3,(H,25,29)(H,30,31)/t18-,19+/m0/s1. The van der Waals surface area contributed by atoms with Crippen LogP contribution in [0.1, 0.15) is 59.3 Å². The lowest BCUT2D eigenvalue weighted by Crippen LogP contribution is -2.46. The van der Waals surface area contributed by atoms with Gasteiger partial charge in [0, 0.05) is 39.1 Å². The van der Waals surface area contributed by atoms with Crippen LogP contribution in [0.3, 0.4) is 0 Å². The lowest BCUT2D eigenvalue weighted by atomic mass is 9.91. The molecule has 0 unspecified atom stereocenters. The summed E-state index contributed by atoms with van der Waals surface area (Å²) in [5.41, 5.74) is -0.511. The van der Waals surface area contributed by atoms with Crippen LogP contribution in [-0.4, -0.2) is 77.1 Å². The van der Waals surface area contributed by atoms with Crippen LogP contribution in [0.15, 0.2) is 0 Å². The third kappa shape index (κ3) is 8.60. The third-order valence-electron chi connectivity index (χ3n) is 6.16. The summed E-state index contributed by atoms with van der Waals surface area (Å²) in [5.74, 6) is -0.252. The Kier molecular flexibility index (Phi) is 9.56. The van der Waals surface area contributed by atoms with Crippen LogP contribution >= 0.6 is 0 Å². The zero-order chi connectivity index (χ0) is 24.6. The molecule has 2 aliphatic rings. The van der Waals surface area contributed by atoms with Gasteiger partial charge in [-0.2, -0.15) is 0 Å². The largest absolute Gasteiger partial charge is 0.480 e. The first-order chi connectivity index (χ1) is 15.5. The minimum absolute atomic E-state index is 0.0362. The normalized spacial score (nSPS) is 20.5. The summed E-state index contributed by atoms with van der Waals surface area (Å²) >= 11 is 0. The molecule has 0 radical (unpaired) electrons. The smallest absolute Gasteiger partial charge is 0.410 e. The summed E-state index contributed by atoms with van der Waals surface area (Å²) in [4.78, 5) is 51.8. The number of likely N-dealkylation sites (tertiary alicyclic amines) is 2. The number of ether oxygens (including phenoxy) is 1. The zero-order valence-electron chi connectivity index (χ0n) is 20.0. The Bertz CT molecular complexity index is 761. The number of carboxylic acids is 1. The fourth-order valence-corrected chi connectivity index (χ4v) is 4.20. The highest BCUT2D eigenvalue weighted by atomic mass is 16.6. The Balaban J connectivity index is 1.73. The molecule has 2 N–H and O–H groups in total. The lowest BCUT2D eigenvalue weighted by molar-refractivity contribution is -0.139. The first-order valence-electron chi connectivity index (χ1n) is 11.7. The molecule has 2 saturated heterocycles. The predicted octanol–water partition coefficient (Wildman–Crippen LogP) is 2.10. The SMILES string of the molecule is C#C[C@@H](CNC(=O)[C@@H]1CCCN(C(=O)CCC2CCN(C(=O)OC(C)(C)C)CC2)C1)C(=O)O. The Hall–Kier alpha value is -2.76. The molecule has 2 atom stereocenters. The molecule has 9 nitrogen and oxygen atoms in total. The molecule has 0 saturated carbocycles. The molecule has 0 spiro atoms. The highest BCUT2D eigenvalue weighted by Crippen LogP contribution is 2.25. The Morgan fingerprint density at radius 2 is 1.79 bits per heavy atom. The van der Waals surface area contributed by atoms with Crippen LogP contribution in [0.2, 0.25) is 0 Å². The average Bonchev–Trinajstić information content (AvgIpc) is 2.76. The van der Waals surface area contributed by atoms with Crippen LogP contribution in [0.5, 0.6) is 0 Å². The van der Waals surface area contributed by atoms with Crippen LogP contribution in [-0.2, 0) is 19.1 Å². The van der Waals surface area contributed by atoms with Crippen LogP contribution < -0.4 is 5.32 Å².